The molecule has 0 spiro atoms. The molecule has 0 radical (unpaired) electrons. The van der Waals surface area contributed by atoms with Gasteiger partial charge >= 0.3 is 26.2 Å². The van der Waals surface area contributed by atoms with Gasteiger partial charge in [0, 0.05) is 6.54 Å². The molecule has 0 unspecified atom stereocenters. The zero-order valence-corrected chi connectivity index (χ0v) is 13.3. The molecule has 0 atom stereocenters. The SMILES string of the molecule is Cl.Cl.NCc1ccccc1.[BiH3]. The van der Waals surface area contributed by atoms with Crippen LogP contribution >= 0.6 is 24.8 Å². The molecule has 1 rings (SSSR count). The van der Waals surface area contributed by atoms with Gasteiger partial charge in [0.25, 0.3) is 0 Å². The summed E-state index contributed by atoms with van der Waals surface area (Å²) in [5.41, 5.74) is 6.54. The number of halogens is 2. The summed E-state index contributed by atoms with van der Waals surface area (Å²) in [6, 6.07) is 9.99. The van der Waals surface area contributed by atoms with Crippen molar-refractivity contribution in [2.75, 3.05) is 0 Å². The van der Waals surface area contributed by atoms with Crippen LogP contribution in [-0.2, 0) is 6.54 Å². The van der Waals surface area contributed by atoms with Crippen molar-refractivity contribution in [3.63, 3.8) is 0 Å². The Balaban J connectivity index is -0.000000213. The third-order valence-corrected chi connectivity index (χ3v) is 1.08. The van der Waals surface area contributed by atoms with Gasteiger partial charge in [0.2, 0.25) is 0 Å². The third-order valence-electron chi connectivity index (χ3n) is 1.08. The van der Waals surface area contributed by atoms with E-state index in [1.165, 1.54) is 5.56 Å². The molecule has 0 fully saturated rings. The standard InChI is InChI=1S/C7H9N.Bi.2ClH.3H/c8-6-7-4-2-1-3-5-7;;;;;;/h1-5H,6,8H2;;2*1H;;;. The van der Waals surface area contributed by atoms with Crippen molar-refractivity contribution >= 4 is 51.0 Å². The Bertz CT molecular complexity index is 158. The Morgan fingerprint density at radius 1 is 1.00 bits per heavy atom. The van der Waals surface area contributed by atoms with Gasteiger partial charge in [-0.1, -0.05) is 30.3 Å². The Kier molecular flexibility index (Phi) is 17.1. The van der Waals surface area contributed by atoms with Crippen LogP contribution in [0.5, 0.6) is 0 Å². The van der Waals surface area contributed by atoms with Crippen LogP contribution in [0.4, 0.5) is 0 Å². The first-order valence-corrected chi connectivity index (χ1v) is 2.67. The molecule has 0 heterocycles. The van der Waals surface area contributed by atoms with Crippen LogP contribution in [-0.4, -0.2) is 26.2 Å². The van der Waals surface area contributed by atoms with Crippen LogP contribution in [0.2, 0.25) is 0 Å². The Labute approximate surface area is 98.7 Å². The number of hydrogen-bond acceptors (Lipinski definition) is 1. The quantitative estimate of drug-likeness (QED) is 0.704. The van der Waals surface area contributed by atoms with E-state index in [1.54, 1.807) is 0 Å². The van der Waals surface area contributed by atoms with Gasteiger partial charge < -0.3 is 5.73 Å². The van der Waals surface area contributed by atoms with E-state index in [0.717, 1.165) is 0 Å². The van der Waals surface area contributed by atoms with Crippen LogP contribution in [0.3, 0.4) is 0 Å². The summed E-state index contributed by atoms with van der Waals surface area (Å²) in [4.78, 5) is 0. The van der Waals surface area contributed by atoms with Crippen molar-refractivity contribution in [1.82, 2.24) is 0 Å². The van der Waals surface area contributed by atoms with Gasteiger partial charge in [0.15, 0.2) is 0 Å². The van der Waals surface area contributed by atoms with Crippen LogP contribution in [0.1, 0.15) is 5.56 Å². The topological polar surface area (TPSA) is 26.0 Å². The van der Waals surface area contributed by atoms with Gasteiger partial charge in [-0.2, -0.15) is 0 Å². The normalized spacial score (nSPS) is 6.64. The van der Waals surface area contributed by atoms with Gasteiger partial charge in [0.05, 0.1) is 0 Å². The predicted octanol–water partition coefficient (Wildman–Crippen LogP) is 0.805. The van der Waals surface area contributed by atoms with Gasteiger partial charge in [-0.15, -0.1) is 24.8 Å². The molecule has 0 aliphatic carbocycles. The fraction of sp³-hybridized carbons (Fsp3) is 0.143. The molecule has 0 aliphatic heterocycles. The second kappa shape index (κ2) is 10.6. The van der Waals surface area contributed by atoms with E-state index in [1.807, 2.05) is 30.3 Å². The fourth-order valence-electron chi connectivity index (χ4n) is 0.614. The molecule has 0 aromatic heterocycles. The van der Waals surface area contributed by atoms with Gasteiger partial charge in [-0.3, -0.25) is 0 Å². The second-order valence-electron chi connectivity index (χ2n) is 1.69. The van der Waals surface area contributed by atoms with Gasteiger partial charge in [0.1, 0.15) is 0 Å². The average molecular weight is 392 g/mol. The fourth-order valence-corrected chi connectivity index (χ4v) is 0.614. The van der Waals surface area contributed by atoms with Crippen LogP contribution < -0.4 is 5.73 Å². The van der Waals surface area contributed by atoms with Crippen LogP contribution in [0, 0.1) is 0 Å². The zero-order chi connectivity index (χ0) is 5.82. The van der Waals surface area contributed by atoms with E-state index in [-0.39, 0.29) is 51.0 Å². The monoisotopic (exact) mass is 391 g/mol. The van der Waals surface area contributed by atoms with E-state index in [4.69, 9.17) is 5.73 Å². The van der Waals surface area contributed by atoms with Crippen LogP contribution in [0.25, 0.3) is 0 Å². The summed E-state index contributed by atoms with van der Waals surface area (Å²) in [5.74, 6) is 0. The molecular formula is C7H14BiCl2N. The van der Waals surface area contributed by atoms with E-state index >= 15 is 0 Å². The average Bonchev–Trinajstić information content (AvgIpc) is 1.90. The number of benzene rings is 1. The third kappa shape index (κ3) is 7.02. The van der Waals surface area contributed by atoms with Crippen molar-refractivity contribution < 1.29 is 0 Å². The zero-order valence-electron chi connectivity index (χ0n) is 6.19. The first-order valence-electron chi connectivity index (χ1n) is 2.67. The first kappa shape index (κ1) is 17.7. The molecule has 1 aromatic rings. The van der Waals surface area contributed by atoms with E-state index in [2.05, 4.69) is 0 Å². The molecule has 66 valence electrons. The van der Waals surface area contributed by atoms with Crippen molar-refractivity contribution in [3.05, 3.63) is 35.9 Å². The molecular weight excluding hydrogens is 378 g/mol. The molecule has 11 heavy (non-hydrogen) atoms. The second-order valence-corrected chi connectivity index (χ2v) is 1.69. The molecule has 1 aromatic carbocycles. The maximum absolute atomic E-state index is 5.35. The first-order chi connectivity index (χ1) is 3.93. The molecule has 0 saturated carbocycles. The Morgan fingerprint density at radius 3 is 1.73 bits per heavy atom. The van der Waals surface area contributed by atoms with Gasteiger partial charge in [-0.25, -0.2) is 0 Å². The summed E-state index contributed by atoms with van der Waals surface area (Å²) >= 11 is 0. The summed E-state index contributed by atoms with van der Waals surface area (Å²) in [5, 5.41) is 0. The van der Waals surface area contributed by atoms with E-state index < -0.39 is 0 Å². The molecule has 0 aliphatic rings. The Morgan fingerprint density at radius 2 is 1.45 bits per heavy atom. The van der Waals surface area contributed by atoms with E-state index in [0.29, 0.717) is 6.54 Å². The number of hydrogen-bond donors (Lipinski definition) is 1. The van der Waals surface area contributed by atoms with Crippen molar-refractivity contribution in [2.24, 2.45) is 5.73 Å². The summed E-state index contributed by atoms with van der Waals surface area (Å²) in [6.07, 6.45) is 0. The molecule has 4 heteroatoms. The predicted molar refractivity (Wildman–Crippen MR) is 58.8 cm³/mol. The van der Waals surface area contributed by atoms with Crippen LogP contribution in [0.15, 0.2) is 30.3 Å². The summed E-state index contributed by atoms with van der Waals surface area (Å²) < 4.78 is 0. The summed E-state index contributed by atoms with van der Waals surface area (Å²) in [7, 11) is 0. The minimum absolute atomic E-state index is 0. The molecule has 0 saturated heterocycles. The van der Waals surface area contributed by atoms with Crippen molar-refractivity contribution in [3.8, 4) is 0 Å². The molecule has 0 amide bonds. The number of rotatable bonds is 1. The van der Waals surface area contributed by atoms with E-state index in [9.17, 15) is 0 Å². The molecule has 2 N–H and O–H groups in total. The number of nitrogens with two attached hydrogens (primary N) is 1. The summed E-state index contributed by atoms with van der Waals surface area (Å²) in [6.45, 7) is 0.640. The van der Waals surface area contributed by atoms with Crippen molar-refractivity contribution in [1.29, 1.82) is 0 Å². The van der Waals surface area contributed by atoms with Gasteiger partial charge in [-0.05, 0) is 5.56 Å². The Hall–Kier alpha value is 0.643. The minimum atomic E-state index is 0. The van der Waals surface area contributed by atoms with Crippen molar-refractivity contribution in [2.45, 2.75) is 6.54 Å². The maximum atomic E-state index is 5.35. The molecule has 0 bridgehead atoms. The molecule has 1 nitrogen and oxygen atoms in total.